The molecule has 0 aliphatic heterocycles. The maximum Gasteiger partial charge on any atom is 0.106 e. The molecule has 0 spiro atoms. The van der Waals surface area contributed by atoms with Gasteiger partial charge in [0.15, 0.2) is 0 Å². The molecule has 1 aromatic heterocycles. The number of imidazole rings is 1. The molecular formula is C16H22ClN3. The molecule has 0 unspecified atom stereocenters. The van der Waals surface area contributed by atoms with Crippen molar-refractivity contribution < 1.29 is 0 Å². The second-order valence-corrected chi connectivity index (χ2v) is 6.11. The zero-order chi connectivity index (χ0) is 14.6. The van der Waals surface area contributed by atoms with Crippen LogP contribution in [-0.2, 0) is 12.0 Å². The summed E-state index contributed by atoms with van der Waals surface area (Å²) in [5.74, 6) is 1.06. The zero-order valence-electron chi connectivity index (χ0n) is 12.3. The average molecular weight is 292 g/mol. The number of nitrogens with zero attached hydrogens (tertiary/aromatic N) is 1. The fraction of sp³-hybridized carbons (Fsp3) is 0.438. The molecule has 20 heavy (non-hydrogen) atoms. The Kier molecular flexibility index (Phi) is 4.84. The summed E-state index contributed by atoms with van der Waals surface area (Å²) in [6, 6.07) is 8.02. The highest BCUT2D eigenvalue weighted by atomic mass is 35.5. The first-order valence-electron chi connectivity index (χ1n) is 6.99. The molecule has 0 aliphatic rings. The number of hydrogen-bond donors (Lipinski definition) is 2. The highest BCUT2D eigenvalue weighted by Gasteiger charge is 2.18. The van der Waals surface area contributed by atoms with Gasteiger partial charge in [-0.1, -0.05) is 23.7 Å². The standard InChI is InChI=1S/C16H22ClN3/c1-12-11-18-15(20-12)5-4-10-19-16(2,3)13-6-8-14(17)9-7-13/h6-9,11,19H,4-5,10H2,1-3H3,(H,18,20). The van der Waals surface area contributed by atoms with Crippen molar-refractivity contribution in [3.8, 4) is 0 Å². The van der Waals surface area contributed by atoms with Crippen LogP contribution in [0.1, 0.15) is 37.4 Å². The van der Waals surface area contributed by atoms with Gasteiger partial charge in [-0.05, 0) is 51.4 Å². The van der Waals surface area contributed by atoms with Crippen LogP contribution in [0.4, 0.5) is 0 Å². The van der Waals surface area contributed by atoms with E-state index in [0.29, 0.717) is 0 Å². The molecular weight excluding hydrogens is 270 g/mol. The van der Waals surface area contributed by atoms with Crippen molar-refractivity contribution in [2.24, 2.45) is 0 Å². The summed E-state index contributed by atoms with van der Waals surface area (Å²) in [6.45, 7) is 7.36. The third kappa shape index (κ3) is 4.09. The fourth-order valence-electron chi connectivity index (χ4n) is 2.22. The van der Waals surface area contributed by atoms with Gasteiger partial charge in [0.2, 0.25) is 0 Å². The molecule has 0 aliphatic carbocycles. The van der Waals surface area contributed by atoms with Crippen LogP contribution in [0.15, 0.2) is 30.5 Å². The molecule has 0 saturated carbocycles. The predicted octanol–water partition coefficient (Wildman–Crippen LogP) is 3.83. The molecule has 0 radical (unpaired) electrons. The molecule has 3 nitrogen and oxygen atoms in total. The molecule has 0 atom stereocenters. The number of hydrogen-bond acceptors (Lipinski definition) is 2. The second-order valence-electron chi connectivity index (χ2n) is 5.68. The van der Waals surface area contributed by atoms with Gasteiger partial charge in [0.25, 0.3) is 0 Å². The lowest BCUT2D eigenvalue weighted by molar-refractivity contribution is 0.399. The summed E-state index contributed by atoms with van der Waals surface area (Å²) < 4.78 is 0. The largest absolute Gasteiger partial charge is 0.346 e. The number of halogens is 1. The molecule has 0 amide bonds. The summed E-state index contributed by atoms with van der Waals surface area (Å²) >= 11 is 5.93. The lowest BCUT2D eigenvalue weighted by Crippen LogP contribution is -2.37. The molecule has 2 aromatic rings. The quantitative estimate of drug-likeness (QED) is 0.794. The maximum absolute atomic E-state index is 5.93. The smallest absolute Gasteiger partial charge is 0.106 e. The Morgan fingerprint density at radius 3 is 2.55 bits per heavy atom. The Hall–Kier alpha value is -1.32. The summed E-state index contributed by atoms with van der Waals surface area (Å²) in [5, 5.41) is 4.36. The van der Waals surface area contributed by atoms with Gasteiger partial charge in [0.1, 0.15) is 5.82 Å². The summed E-state index contributed by atoms with van der Waals surface area (Å²) in [7, 11) is 0. The molecule has 0 bridgehead atoms. The van der Waals surface area contributed by atoms with Gasteiger partial charge >= 0.3 is 0 Å². The Labute approximate surface area is 125 Å². The molecule has 4 heteroatoms. The minimum atomic E-state index is -0.0519. The van der Waals surface area contributed by atoms with Crippen molar-refractivity contribution in [2.75, 3.05) is 6.54 Å². The highest BCUT2D eigenvalue weighted by molar-refractivity contribution is 6.30. The van der Waals surface area contributed by atoms with Crippen molar-refractivity contribution in [1.82, 2.24) is 15.3 Å². The van der Waals surface area contributed by atoms with Gasteiger partial charge in [-0.3, -0.25) is 0 Å². The first kappa shape index (κ1) is 15.1. The predicted molar refractivity (Wildman–Crippen MR) is 84.1 cm³/mol. The summed E-state index contributed by atoms with van der Waals surface area (Å²) in [5.41, 5.74) is 2.31. The summed E-state index contributed by atoms with van der Waals surface area (Å²) in [4.78, 5) is 7.58. The van der Waals surface area contributed by atoms with Crippen LogP contribution < -0.4 is 5.32 Å². The zero-order valence-corrected chi connectivity index (χ0v) is 13.1. The van der Waals surface area contributed by atoms with E-state index < -0.39 is 0 Å². The number of H-pyrrole nitrogens is 1. The Balaban J connectivity index is 1.81. The van der Waals surface area contributed by atoms with E-state index >= 15 is 0 Å². The van der Waals surface area contributed by atoms with Gasteiger partial charge in [0, 0.05) is 28.9 Å². The summed E-state index contributed by atoms with van der Waals surface area (Å²) in [6.07, 6.45) is 3.90. The van der Waals surface area contributed by atoms with Gasteiger partial charge in [-0.2, -0.15) is 0 Å². The Morgan fingerprint density at radius 1 is 1.25 bits per heavy atom. The number of aryl methyl sites for hydroxylation is 2. The molecule has 108 valence electrons. The normalized spacial score (nSPS) is 11.8. The number of rotatable bonds is 6. The van der Waals surface area contributed by atoms with Gasteiger partial charge in [0.05, 0.1) is 0 Å². The maximum atomic E-state index is 5.93. The third-order valence-corrected chi connectivity index (χ3v) is 3.73. The monoisotopic (exact) mass is 291 g/mol. The van der Waals surface area contributed by atoms with E-state index in [-0.39, 0.29) is 5.54 Å². The van der Waals surface area contributed by atoms with Gasteiger partial charge < -0.3 is 10.3 Å². The van der Waals surface area contributed by atoms with E-state index in [1.165, 1.54) is 5.56 Å². The number of aromatic amines is 1. The minimum Gasteiger partial charge on any atom is -0.346 e. The van der Waals surface area contributed by atoms with Crippen LogP contribution in [0.3, 0.4) is 0 Å². The van der Waals surface area contributed by atoms with Crippen LogP contribution >= 0.6 is 11.6 Å². The first-order valence-corrected chi connectivity index (χ1v) is 7.37. The average Bonchev–Trinajstić information content (AvgIpc) is 2.81. The van der Waals surface area contributed by atoms with Crippen LogP contribution in [0, 0.1) is 6.92 Å². The topological polar surface area (TPSA) is 40.7 Å². The van der Waals surface area contributed by atoms with E-state index in [2.05, 4.69) is 41.3 Å². The Morgan fingerprint density at radius 2 is 1.95 bits per heavy atom. The molecule has 2 N–H and O–H groups in total. The van der Waals surface area contributed by atoms with Crippen LogP contribution in [0.5, 0.6) is 0 Å². The van der Waals surface area contributed by atoms with E-state index in [0.717, 1.165) is 35.9 Å². The van der Waals surface area contributed by atoms with E-state index in [1.54, 1.807) is 0 Å². The molecule has 2 rings (SSSR count). The number of benzene rings is 1. The molecule has 0 fully saturated rings. The minimum absolute atomic E-state index is 0.0519. The highest BCUT2D eigenvalue weighted by Crippen LogP contribution is 2.21. The van der Waals surface area contributed by atoms with E-state index in [9.17, 15) is 0 Å². The first-order chi connectivity index (χ1) is 9.47. The fourth-order valence-corrected chi connectivity index (χ4v) is 2.35. The lowest BCUT2D eigenvalue weighted by Gasteiger charge is -2.27. The van der Waals surface area contributed by atoms with Crippen molar-refractivity contribution in [1.29, 1.82) is 0 Å². The molecule has 1 heterocycles. The van der Waals surface area contributed by atoms with Crippen molar-refractivity contribution in [3.05, 3.63) is 52.6 Å². The lowest BCUT2D eigenvalue weighted by atomic mass is 9.94. The van der Waals surface area contributed by atoms with Crippen LogP contribution in [-0.4, -0.2) is 16.5 Å². The number of nitrogens with one attached hydrogen (secondary N) is 2. The van der Waals surface area contributed by atoms with Gasteiger partial charge in [-0.25, -0.2) is 4.98 Å². The van der Waals surface area contributed by atoms with Gasteiger partial charge in [-0.15, -0.1) is 0 Å². The van der Waals surface area contributed by atoms with E-state index in [1.807, 2.05) is 25.3 Å². The number of aromatic nitrogens is 2. The van der Waals surface area contributed by atoms with Crippen LogP contribution in [0.25, 0.3) is 0 Å². The Bertz CT molecular complexity index is 543. The van der Waals surface area contributed by atoms with Crippen molar-refractivity contribution >= 4 is 11.6 Å². The van der Waals surface area contributed by atoms with Crippen molar-refractivity contribution in [2.45, 2.75) is 39.2 Å². The third-order valence-electron chi connectivity index (χ3n) is 3.48. The van der Waals surface area contributed by atoms with Crippen LogP contribution in [0.2, 0.25) is 5.02 Å². The molecule has 1 aromatic carbocycles. The van der Waals surface area contributed by atoms with E-state index in [4.69, 9.17) is 11.6 Å². The SMILES string of the molecule is Cc1cnc(CCCNC(C)(C)c2ccc(Cl)cc2)[nH]1. The second kappa shape index (κ2) is 6.42. The molecule has 0 saturated heterocycles. The van der Waals surface area contributed by atoms with Crippen molar-refractivity contribution in [3.63, 3.8) is 0 Å².